The molecule has 1 aromatic heterocycles. The quantitative estimate of drug-likeness (QED) is 0.580. The van der Waals surface area contributed by atoms with Crippen LogP contribution in [-0.4, -0.2) is 67.3 Å². The van der Waals surface area contributed by atoms with Gasteiger partial charge in [-0.25, -0.2) is 4.79 Å². The molecule has 4 atom stereocenters. The summed E-state index contributed by atoms with van der Waals surface area (Å²) in [4.78, 5) is 27.3. The fraction of sp³-hybridized carbons (Fsp3) is 0.577. The van der Waals surface area contributed by atoms with Crippen molar-refractivity contribution in [3.8, 4) is 11.3 Å². The van der Waals surface area contributed by atoms with Crippen LogP contribution >= 0.6 is 0 Å². The highest BCUT2D eigenvalue weighted by Crippen LogP contribution is 2.39. The average molecular weight is 485 g/mol. The van der Waals surface area contributed by atoms with Crippen molar-refractivity contribution in [2.45, 2.75) is 90.3 Å². The maximum Gasteiger partial charge on any atom is 0.411 e. The van der Waals surface area contributed by atoms with Crippen LogP contribution in [0.1, 0.15) is 63.8 Å². The van der Waals surface area contributed by atoms with Gasteiger partial charge in [0.05, 0.1) is 30.5 Å². The number of β-amino-alcohol motifs (C(OH)–C–C–N with tert-alkyl or cyclic N) is 1. The van der Waals surface area contributed by atoms with Gasteiger partial charge in [0.25, 0.3) is 0 Å². The zero-order valence-corrected chi connectivity index (χ0v) is 21.1. The van der Waals surface area contributed by atoms with E-state index in [1.807, 2.05) is 22.9 Å². The number of rotatable bonds is 6. The summed E-state index contributed by atoms with van der Waals surface area (Å²) in [5, 5.41) is 28.2. The van der Waals surface area contributed by atoms with Gasteiger partial charge in [0, 0.05) is 24.7 Å². The van der Waals surface area contributed by atoms with E-state index in [0.717, 1.165) is 41.8 Å². The smallest absolute Gasteiger partial charge is 0.411 e. The Kier molecular flexibility index (Phi) is 6.92. The standard InChI is InChI=1S/C26H36N4O5/c1-6-30-21(11-12-27-30)19-9-10-20(18-8-7-17(18)19)23(15(2)31)28-24(33)22-13-16(32)14-29(22)25(34)35-26(3,4)5/h9-12,15-16,22-23,31-32H,6-8,13-14H2,1-5H3,(H,28,33)/t15-,16+,22-,23-/m0/s1. The van der Waals surface area contributed by atoms with E-state index in [1.54, 1.807) is 33.9 Å². The second-order valence-corrected chi connectivity index (χ2v) is 10.5. The molecule has 3 N–H and O–H groups in total. The second kappa shape index (κ2) is 9.62. The third-order valence-corrected chi connectivity index (χ3v) is 6.71. The molecule has 2 aliphatic rings. The highest BCUT2D eigenvalue weighted by atomic mass is 16.6. The Balaban J connectivity index is 1.58. The molecule has 2 heterocycles. The van der Waals surface area contributed by atoms with Crippen LogP contribution in [0.3, 0.4) is 0 Å². The summed E-state index contributed by atoms with van der Waals surface area (Å²) in [5.74, 6) is -0.417. The monoisotopic (exact) mass is 484 g/mol. The maximum atomic E-state index is 13.3. The van der Waals surface area contributed by atoms with E-state index in [2.05, 4.69) is 17.3 Å². The SMILES string of the molecule is CCn1nccc1-c1ccc([C@@H](NC(=O)[C@@H]2C[C@@H](O)CN2C(=O)OC(C)(C)C)[C@H](C)O)c2c1CC2. The number of carbonyl (C=O) groups excluding carboxylic acids is 2. The van der Waals surface area contributed by atoms with Gasteiger partial charge in [0.1, 0.15) is 11.6 Å². The molecular formula is C26H36N4O5. The van der Waals surface area contributed by atoms with Crippen molar-refractivity contribution in [3.63, 3.8) is 0 Å². The molecule has 0 unspecified atom stereocenters. The largest absolute Gasteiger partial charge is 0.444 e. The number of aliphatic hydroxyl groups excluding tert-OH is 2. The minimum atomic E-state index is -0.870. The number of fused-ring (bicyclic) bond motifs is 1. The van der Waals surface area contributed by atoms with Gasteiger partial charge in [-0.3, -0.25) is 14.4 Å². The van der Waals surface area contributed by atoms with E-state index in [1.165, 1.54) is 10.5 Å². The lowest BCUT2D eigenvalue weighted by molar-refractivity contribution is -0.127. The molecule has 1 aliphatic carbocycles. The number of hydrogen-bond acceptors (Lipinski definition) is 6. The predicted octanol–water partition coefficient (Wildman–Crippen LogP) is 2.58. The first-order chi connectivity index (χ1) is 16.5. The first kappa shape index (κ1) is 25.2. The third-order valence-electron chi connectivity index (χ3n) is 6.71. The van der Waals surface area contributed by atoms with Gasteiger partial charge in [-0.1, -0.05) is 12.1 Å². The highest BCUT2D eigenvalue weighted by Gasteiger charge is 2.42. The Labute approximate surface area is 206 Å². The minimum Gasteiger partial charge on any atom is -0.444 e. The van der Waals surface area contributed by atoms with Crippen molar-refractivity contribution in [1.82, 2.24) is 20.0 Å². The minimum absolute atomic E-state index is 0.0293. The van der Waals surface area contributed by atoms with Gasteiger partial charge in [-0.05, 0) is 70.2 Å². The molecule has 9 heteroatoms. The number of benzene rings is 1. The molecule has 9 nitrogen and oxygen atoms in total. The van der Waals surface area contributed by atoms with E-state index < -0.39 is 41.9 Å². The molecule has 35 heavy (non-hydrogen) atoms. The Bertz CT molecular complexity index is 1100. The van der Waals surface area contributed by atoms with Gasteiger partial charge >= 0.3 is 6.09 Å². The highest BCUT2D eigenvalue weighted by molar-refractivity contribution is 5.87. The van der Waals surface area contributed by atoms with Gasteiger partial charge in [0.15, 0.2) is 0 Å². The van der Waals surface area contributed by atoms with Crippen LogP contribution in [0, 0.1) is 0 Å². The van der Waals surface area contributed by atoms with E-state index in [0.29, 0.717) is 0 Å². The molecule has 4 rings (SSSR count). The van der Waals surface area contributed by atoms with Crippen molar-refractivity contribution >= 4 is 12.0 Å². The molecule has 0 saturated carbocycles. The first-order valence-corrected chi connectivity index (χ1v) is 12.3. The second-order valence-electron chi connectivity index (χ2n) is 10.5. The first-order valence-electron chi connectivity index (χ1n) is 12.3. The lowest BCUT2D eigenvalue weighted by Crippen LogP contribution is -2.49. The van der Waals surface area contributed by atoms with Crippen LogP contribution in [0.2, 0.25) is 0 Å². The van der Waals surface area contributed by atoms with Crippen LogP contribution in [0.4, 0.5) is 4.79 Å². The van der Waals surface area contributed by atoms with Gasteiger partial charge in [0.2, 0.25) is 5.91 Å². The summed E-state index contributed by atoms with van der Waals surface area (Å²) >= 11 is 0. The topological polar surface area (TPSA) is 117 Å². The maximum absolute atomic E-state index is 13.3. The zero-order chi connectivity index (χ0) is 25.5. The van der Waals surface area contributed by atoms with E-state index in [9.17, 15) is 19.8 Å². The Morgan fingerprint density at radius 3 is 2.54 bits per heavy atom. The molecule has 0 bridgehead atoms. The number of carbonyl (C=O) groups is 2. The fourth-order valence-corrected chi connectivity index (χ4v) is 5.00. The van der Waals surface area contributed by atoms with E-state index in [4.69, 9.17) is 4.74 Å². The summed E-state index contributed by atoms with van der Waals surface area (Å²) in [6.07, 6.45) is 1.41. The van der Waals surface area contributed by atoms with Crippen LogP contribution in [0.5, 0.6) is 0 Å². The summed E-state index contributed by atoms with van der Waals surface area (Å²) < 4.78 is 7.39. The normalized spacial score (nSPS) is 21.2. The van der Waals surface area contributed by atoms with Crippen molar-refractivity contribution < 1.29 is 24.5 Å². The fourth-order valence-electron chi connectivity index (χ4n) is 5.00. The van der Waals surface area contributed by atoms with Gasteiger partial charge < -0.3 is 20.3 Å². The lowest BCUT2D eigenvalue weighted by atomic mass is 9.78. The van der Waals surface area contributed by atoms with Crippen molar-refractivity contribution in [3.05, 3.63) is 41.1 Å². The number of aliphatic hydroxyl groups is 2. The molecular weight excluding hydrogens is 448 g/mol. The van der Waals surface area contributed by atoms with Crippen LogP contribution in [0.15, 0.2) is 24.4 Å². The molecule has 1 saturated heterocycles. The number of aryl methyl sites for hydroxylation is 1. The Hall–Kier alpha value is -2.91. The molecule has 1 aromatic carbocycles. The van der Waals surface area contributed by atoms with Gasteiger partial charge in [-0.2, -0.15) is 5.10 Å². The number of amides is 2. The Morgan fingerprint density at radius 2 is 1.94 bits per heavy atom. The van der Waals surface area contributed by atoms with Crippen molar-refractivity contribution in [2.24, 2.45) is 0 Å². The van der Waals surface area contributed by atoms with Crippen LogP contribution in [-0.2, 0) is 28.9 Å². The third kappa shape index (κ3) is 5.06. The number of nitrogens with one attached hydrogen (secondary N) is 1. The van der Waals surface area contributed by atoms with Crippen molar-refractivity contribution in [1.29, 1.82) is 0 Å². The zero-order valence-electron chi connectivity index (χ0n) is 21.1. The Morgan fingerprint density at radius 1 is 1.23 bits per heavy atom. The number of ether oxygens (including phenoxy) is 1. The number of nitrogens with zero attached hydrogens (tertiary/aromatic N) is 3. The van der Waals surface area contributed by atoms with E-state index >= 15 is 0 Å². The predicted molar refractivity (Wildman–Crippen MR) is 131 cm³/mol. The average Bonchev–Trinajstić information content (AvgIpc) is 3.37. The van der Waals surface area contributed by atoms with Crippen LogP contribution < -0.4 is 5.32 Å². The molecule has 2 amide bonds. The summed E-state index contributed by atoms with van der Waals surface area (Å²) in [5.41, 5.74) is 4.69. The van der Waals surface area contributed by atoms with E-state index in [-0.39, 0.29) is 13.0 Å². The molecule has 1 aliphatic heterocycles. The number of likely N-dealkylation sites (tertiary alicyclic amines) is 1. The summed E-state index contributed by atoms with van der Waals surface area (Å²) in [6, 6.07) is 4.49. The van der Waals surface area contributed by atoms with Crippen molar-refractivity contribution in [2.75, 3.05) is 6.54 Å². The molecule has 2 aromatic rings. The molecule has 0 spiro atoms. The molecule has 0 radical (unpaired) electrons. The summed E-state index contributed by atoms with van der Waals surface area (Å²) in [6.45, 7) is 9.76. The molecule has 1 fully saturated rings. The number of hydrogen-bond donors (Lipinski definition) is 3. The summed E-state index contributed by atoms with van der Waals surface area (Å²) in [7, 11) is 0. The van der Waals surface area contributed by atoms with Gasteiger partial charge in [-0.15, -0.1) is 0 Å². The lowest BCUT2D eigenvalue weighted by Gasteiger charge is -2.33. The number of aromatic nitrogens is 2. The molecule has 190 valence electrons. The van der Waals surface area contributed by atoms with Crippen LogP contribution in [0.25, 0.3) is 11.3 Å².